The fourth-order valence-electron chi connectivity index (χ4n) is 5.43. The van der Waals surface area contributed by atoms with Crippen LogP contribution in [0.3, 0.4) is 0 Å². The first-order chi connectivity index (χ1) is 21.6. The number of carbonyl (C=O) groups is 3. The molecule has 46 heavy (non-hydrogen) atoms. The van der Waals surface area contributed by atoms with Crippen molar-refractivity contribution in [2.45, 2.75) is 33.8 Å². The fraction of sp³-hybridized carbons (Fsp3) is 0.172. The highest BCUT2D eigenvalue weighted by molar-refractivity contribution is 8.00. The molecule has 1 aromatic heterocycles. The van der Waals surface area contributed by atoms with Gasteiger partial charge in [0.1, 0.15) is 17.6 Å². The zero-order valence-corrected chi connectivity index (χ0v) is 25.5. The quantitative estimate of drug-likeness (QED) is 0.228. The number of halogens is 4. The number of imide groups is 1. The highest BCUT2D eigenvalue weighted by Gasteiger charge is 2.57. The molecule has 3 unspecified atom stereocenters. The van der Waals surface area contributed by atoms with Crippen molar-refractivity contribution < 1.29 is 40.4 Å². The Morgan fingerprint density at radius 1 is 0.957 bits per heavy atom. The largest absolute Gasteiger partial charge is 0.416 e. The van der Waals surface area contributed by atoms with Gasteiger partial charge in [-0.1, -0.05) is 41.3 Å². The van der Waals surface area contributed by atoms with E-state index >= 15 is 0 Å². The number of fused-ring (bicyclic) bond motifs is 2. The van der Waals surface area contributed by atoms with E-state index in [0.717, 1.165) is 51.9 Å². The van der Waals surface area contributed by atoms with E-state index in [1.54, 1.807) is 0 Å². The SMILES string of the molecule is NS(=O)(=O)c1ccc(NC(=O)Cn2c3c(sc2=O)C(c2ccc(F)cc2)C2C(=O)N(c4cccc(C(F)(F)F)c4)C(=O)C2S3)cc1. The van der Waals surface area contributed by atoms with Crippen LogP contribution in [0.5, 0.6) is 0 Å². The lowest BCUT2D eigenvalue weighted by Gasteiger charge is -2.30. The Balaban J connectivity index is 1.37. The third kappa shape index (κ3) is 5.74. The van der Waals surface area contributed by atoms with Gasteiger partial charge in [0.25, 0.3) is 0 Å². The van der Waals surface area contributed by atoms with Crippen LogP contribution in [-0.2, 0) is 37.1 Å². The minimum atomic E-state index is -4.73. The molecule has 2 aliphatic rings. The summed E-state index contributed by atoms with van der Waals surface area (Å²) >= 11 is 1.59. The van der Waals surface area contributed by atoms with Gasteiger partial charge in [-0.3, -0.25) is 23.7 Å². The molecule has 0 bridgehead atoms. The molecule has 17 heteroatoms. The van der Waals surface area contributed by atoms with Crippen LogP contribution in [0, 0.1) is 11.7 Å². The Morgan fingerprint density at radius 3 is 2.26 bits per heavy atom. The van der Waals surface area contributed by atoms with Crippen LogP contribution in [0.15, 0.2) is 87.5 Å². The average Bonchev–Trinajstić information content (AvgIpc) is 3.43. The first-order valence-electron chi connectivity index (χ1n) is 13.3. The van der Waals surface area contributed by atoms with E-state index in [0.29, 0.717) is 21.4 Å². The number of hydrogen-bond acceptors (Lipinski definition) is 8. The van der Waals surface area contributed by atoms with E-state index in [9.17, 15) is 45.2 Å². The standard InChI is InChI=1S/C29H20F4N4O6S3/c30-16-6-4-14(5-7-16)21-22-23(26(40)37(25(22)39)18-3-1-2-15(12-18)29(31,32)33)44-27-24(21)45-28(41)36(27)13-20(38)35-17-8-10-19(11-9-17)46(34,42)43/h1-12,21-23H,13H2,(H,35,38)(H2,34,42,43). The summed E-state index contributed by atoms with van der Waals surface area (Å²) in [4.78, 5) is 54.1. The molecule has 10 nitrogen and oxygen atoms in total. The average molecular weight is 693 g/mol. The molecule has 0 saturated carbocycles. The first kappa shape index (κ1) is 31.7. The highest BCUT2D eigenvalue weighted by atomic mass is 32.2. The van der Waals surface area contributed by atoms with Crippen molar-refractivity contribution in [2.24, 2.45) is 11.1 Å². The van der Waals surface area contributed by atoms with Crippen LogP contribution in [0.1, 0.15) is 21.9 Å². The maximum Gasteiger partial charge on any atom is 0.416 e. The van der Waals surface area contributed by atoms with Gasteiger partial charge in [0.2, 0.25) is 27.7 Å². The number of alkyl halides is 3. The lowest BCUT2D eigenvalue weighted by atomic mass is 9.83. The molecule has 2 aliphatic heterocycles. The summed E-state index contributed by atoms with van der Waals surface area (Å²) in [6.07, 6.45) is -4.73. The lowest BCUT2D eigenvalue weighted by molar-refractivity contribution is -0.137. The summed E-state index contributed by atoms with van der Waals surface area (Å²) in [6.45, 7) is -0.526. The molecule has 3 amide bonds. The van der Waals surface area contributed by atoms with E-state index in [-0.39, 0.29) is 21.3 Å². The molecule has 0 radical (unpaired) electrons. The monoisotopic (exact) mass is 692 g/mol. The number of carbonyl (C=O) groups excluding carboxylic acids is 3. The van der Waals surface area contributed by atoms with Crippen LogP contribution in [-0.4, -0.2) is 36.0 Å². The normalized spacial score (nSPS) is 19.6. The van der Waals surface area contributed by atoms with Crippen molar-refractivity contribution in [1.82, 2.24) is 4.57 Å². The minimum absolute atomic E-state index is 0.179. The Bertz CT molecular complexity index is 2060. The summed E-state index contributed by atoms with van der Waals surface area (Å²) in [7, 11) is -3.97. The predicted molar refractivity (Wildman–Crippen MR) is 160 cm³/mol. The molecule has 3 N–H and O–H groups in total. The summed E-state index contributed by atoms with van der Waals surface area (Å²) in [6, 6.07) is 13.9. The van der Waals surface area contributed by atoms with Gasteiger partial charge >= 0.3 is 11.0 Å². The Kier molecular flexibility index (Phi) is 7.90. The van der Waals surface area contributed by atoms with Crippen molar-refractivity contribution in [3.63, 3.8) is 0 Å². The third-order valence-electron chi connectivity index (χ3n) is 7.48. The summed E-state index contributed by atoms with van der Waals surface area (Å²) in [5.41, 5.74) is -0.731. The maximum absolute atomic E-state index is 13.9. The van der Waals surface area contributed by atoms with E-state index < -0.39 is 73.8 Å². The van der Waals surface area contributed by atoms with Crippen molar-refractivity contribution in [1.29, 1.82) is 0 Å². The molecular formula is C29H20F4N4O6S3. The number of benzene rings is 3. The van der Waals surface area contributed by atoms with Gasteiger partial charge in [-0.05, 0) is 60.2 Å². The zero-order valence-electron chi connectivity index (χ0n) is 23.0. The molecular weight excluding hydrogens is 673 g/mol. The summed E-state index contributed by atoms with van der Waals surface area (Å²) in [5.74, 6) is -4.95. The molecule has 4 aromatic rings. The van der Waals surface area contributed by atoms with Gasteiger partial charge in [0.05, 0.1) is 27.1 Å². The number of primary sulfonamides is 1. The number of anilines is 2. The van der Waals surface area contributed by atoms with Gasteiger partial charge in [0, 0.05) is 16.5 Å². The number of hydrogen-bond donors (Lipinski definition) is 2. The Hall–Kier alpha value is -4.32. The minimum Gasteiger partial charge on any atom is -0.325 e. The van der Waals surface area contributed by atoms with E-state index in [1.807, 2.05) is 0 Å². The van der Waals surface area contributed by atoms with Crippen molar-refractivity contribution in [3.05, 3.63) is 104 Å². The molecule has 1 saturated heterocycles. The molecule has 3 aromatic carbocycles. The molecule has 3 heterocycles. The maximum atomic E-state index is 13.9. The molecule has 1 fully saturated rings. The van der Waals surface area contributed by atoms with Crippen molar-refractivity contribution >= 4 is 62.2 Å². The summed E-state index contributed by atoms with van der Waals surface area (Å²) < 4.78 is 78.5. The number of nitrogens with zero attached hydrogens (tertiary/aromatic N) is 2. The second-order valence-corrected chi connectivity index (χ2v) is 14.1. The van der Waals surface area contributed by atoms with E-state index in [2.05, 4.69) is 5.32 Å². The second kappa shape index (κ2) is 11.5. The van der Waals surface area contributed by atoms with Crippen LogP contribution >= 0.6 is 23.1 Å². The Labute approximate surface area is 265 Å². The van der Waals surface area contributed by atoms with Gasteiger partial charge < -0.3 is 5.32 Å². The fourth-order valence-corrected chi connectivity index (χ4v) is 8.72. The first-order valence-corrected chi connectivity index (χ1v) is 16.5. The van der Waals surface area contributed by atoms with Crippen LogP contribution in [0.2, 0.25) is 0 Å². The predicted octanol–water partition coefficient (Wildman–Crippen LogP) is 4.15. The van der Waals surface area contributed by atoms with E-state index in [1.165, 1.54) is 42.5 Å². The zero-order chi connectivity index (χ0) is 33.1. The van der Waals surface area contributed by atoms with Crippen LogP contribution in [0.4, 0.5) is 28.9 Å². The number of amides is 3. The third-order valence-corrected chi connectivity index (χ3v) is 11.0. The number of thioether (sulfide) groups is 1. The second-order valence-electron chi connectivity index (χ2n) is 10.4. The Morgan fingerprint density at radius 2 is 1.63 bits per heavy atom. The van der Waals surface area contributed by atoms with Gasteiger partial charge in [0.15, 0.2) is 0 Å². The van der Waals surface area contributed by atoms with Crippen LogP contribution in [0.25, 0.3) is 0 Å². The number of rotatable bonds is 6. The van der Waals surface area contributed by atoms with Crippen molar-refractivity contribution in [2.75, 3.05) is 10.2 Å². The smallest absolute Gasteiger partial charge is 0.325 e. The molecule has 0 aliphatic carbocycles. The number of nitrogens with one attached hydrogen (secondary N) is 1. The summed E-state index contributed by atoms with van der Waals surface area (Å²) in [5, 5.41) is 6.67. The van der Waals surface area contributed by atoms with E-state index in [4.69, 9.17) is 5.14 Å². The topological polar surface area (TPSA) is 149 Å². The number of aromatic nitrogens is 1. The van der Waals surface area contributed by atoms with Gasteiger partial charge in [-0.25, -0.2) is 22.8 Å². The highest BCUT2D eigenvalue weighted by Crippen LogP contribution is 2.54. The number of sulfonamides is 1. The van der Waals surface area contributed by atoms with Crippen molar-refractivity contribution in [3.8, 4) is 0 Å². The molecule has 238 valence electrons. The molecule has 6 rings (SSSR count). The molecule has 0 spiro atoms. The number of nitrogens with two attached hydrogens (primary N) is 1. The van der Waals surface area contributed by atoms with Gasteiger partial charge in [-0.15, -0.1) is 0 Å². The number of thiazole rings is 1. The molecule has 3 atom stereocenters. The lowest BCUT2D eigenvalue weighted by Crippen LogP contribution is -2.33. The van der Waals surface area contributed by atoms with Crippen LogP contribution < -0.4 is 20.2 Å². The van der Waals surface area contributed by atoms with Gasteiger partial charge in [-0.2, -0.15) is 13.2 Å².